The van der Waals surface area contributed by atoms with Gasteiger partial charge in [0, 0.05) is 18.3 Å². The van der Waals surface area contributed by atoms with E-state index in [1.165, 1.54) is 48.9 Å². The highest BCUT2D eigenvalue weighted by atomic mass is 15.1. The summed E-state index contributed by atoms with van der Waals surface area (Å²) in [5, 5.41) is 0. The van der Waals surface area contributed by atoms with Gasteiger partial charge in [0.05, 0.1) is 17.4 Å². The fourth-order valence-corrected chi connectivity index (χ4v) is 3.67. The number of hydrogen-bond acceptors (Lipinski definition) is 2. The van der Waals surface area contributed by atoms with E-state index in [-0.39, 0.29) is 0 Å². The smallest absolute Gasteiger partial charge is 0.156 e. The fraction of sp³-hybridized carbons (Fsp3) is 0.529. The molecule has 0 aromatic carbocycles. The number of nitrogens with one attached hydrogen (secondary N) is 1. The largest absolute Gasteiger partial charge is 0.345 e. The molecule has 0 amide bonds. The lowest BCUT2D eigenvalue weighted by molar-refractivity contribution is 0.438. The molecule has 0 saturated heterocycles. The zero-order valence-electron chi connectivity index (χ0n) is 12.6. The number of hydrogen-bond donors (Lipinski definition) is 1. The molecule has 4 nitrogen and oxygen atoms in total. The zero-order chi connectivity index (χ0) is 14.2. The lowest BCUT2D eigenvalue weighted by Gasteiger charge is -2.19. The molecule has 0 radical (unpaired) electrons. The number of H-pyrrole nitrogens is 1. The normalized spacial score (nSPS) is 17.0. The average molecular weight is 282 g/mol. The molecule has 0 unspecified atom stereocenters. The number of aromatic amines is 1. The van der Waals surface area contributed by atoms with Crippen LogP contribution in [0.4, 0.5) is 0 Å². The first kappa shape index (κ1) is 12.9. The van der Waals surface area contributed by atoms with Crippen molar-refractivity contribution in [1.29, 1.82) is 0 Å². The Hall–Kier alpha value is -1.84. The molecule has 3 aromatic heterocycles. The summed E-state index contributed by atoms with van der Waals surface area (Å²) in [6, 6.07) is 0. The number of aryl methyl sites for hydroxylation is 1. The number of nitrogens with zero attached hydrogens (tertiary/aromatic N) is 3. The van der Waals surface area contributed by atoms with Gasteiger partial charge in [-0.1, -0.05) is 32.6 Å². The van der Waals surface area contributed by atoms with Crippen molar-refractivity contribution in [1.82, 2.24) is 19.4 Å². The zero-order valence-corrected chi connectivity index (χ0v) is 12.6. The highest BCUT2D eigenvalue weighted by Gasteiger charge is 2.19. The van der Waals surface area contributed by atoms with Gasteiger partial charge in [-0.15, -0.1) is 0 Å². The topological polar surface area (TPSA) is 46.0 Å². The van der Waals surface area contributed by atoms with Gasteiger partial charge in [-0.05, 0) is 24.8 Å². The summed E-state index contributed by atoms with van der Waals surface area (Å²) in [6.07, 6.45) is 15.1. The van der Waals surface area contributed by atoms with E-state index in [1.807, 2.05) is 6.20 Å². The quantitative estimate of drug-likeness (QED) is 0.782. The highest BCUT2D eigenvalue weighted by molar-refractivity contribution is 5.78. The van der Waals surface area contributed by atoms with Crippen LogP contribution in [0, 0.1) is 0 Å². The molecule has 3 heterocycles. The van der Waals surface area contributed by atoms with Crippen LogP contribution in [0.1, 0.15) is 62.6 Å². The van der Waals surface area contributed by atoms with E-state index >= 15 is 0 Å². The van der Waals surface area contributed by atoms with Crippen LogP contribution in [-0.2, 0) is 6.42 Å². The van der Waals surface area contributed by atoms with Crippen LogP contribution in [0.25, 0.3) is 16.8 Å². The van der Waals surface area contributed by atoms with Crippen LogP contribution in [0.2, 0.25) is 0 Å². The van der Waals surface area contributed by atoms with Gasteiger partial charge in [0.1, 0.15) is 0 Å². The second-order valence-electron chi connectivity index (χ2n) is 6.25. The summed E-state index contributed by atoms with van der Waals surface area (Å²) in [5.41, 5.74) is 5.77. The predicted molar refractivity (Wildman–Crippen MR) is 84.7 cm³/mol. The maximum Gasteiger partial charge on any atom is 0.156 e. The summed E-state index contributed by atoms with van der Waals surface area (Å²) in [5.74, 6) is 0.641. The Morgan fingerprint density at radius 2 is 2.14 bits per heavy atom. The summed E-state index contributed by atoms with van der Waals surface area (Å²) in [6.45, 7) is 2.22. The van der Waals surface area contributed by atoms with Gasteiger partial charge in [0.25, 0.3) is 0 Å². The molecule has 1 N–H and O–H groups in total. The standard InChI is InChI=1S/C17H22N4/c1-2-6-13-9-18-17-16(13)21-11-14(20-15(21)10-19-17)12-7-4-3-5-8-12/h9-12,18H,2-8H2,1H3. The minimum Gasteiger partial charge on any atom is -0.345 e. The molecule has 0 aliphatic heterocycles. The molecule has 0 spiro atoms. The first-order valence-electron chi connectivity index (χ1n) is 8.20. The van der Waals surface area contributed by atoms with Crippen LogP contribution >= 0.6 is 0 Å². The Morgan fingerprint density at radius 3 is 2.95 bits per heavy atom. The van der Waals surface area contributed by atoms with Gasteiger partial charge in [-0.3, -0.25) is 4.40 Å². The van der Waals surface area contributed by atoms with E-state index in [0.717, 1.165) is 24.1 Å². The predicted octanol–water partition coefficient (Wildman–Crippen LogP) is 4.21. The van der Waals surface area contributed by atoms with Crippen molar-refractivity contribution >= 4 is 16.8 Å². The van der Waals surface area contributed by atoms with Crippen molar-refractivity contribution in [3.63, 3.8) is 0 Å². The Kier molecular flexibility index (Phi) is 3.17. The van der Waals surface area contributed by atoms with Crippen LogP contribution < -0.4 is 0 Å². The van der Waals surface area contributed by atoms with Crippen molar-refractivity contribution in [2.24, 2.45) is 0 Å². The molecule has 0 bridgehead atoms. The van der Waals surface area contributed by atoms with Crippen LogP contribution in [0.5, 0.6) is 0 Å². The van der Waals surface area contributed by atoms with Crippen molar-refractivity contribution < 1.29 is 0 Å². The van der Waals surface area contributed by atoms with Crippen molar-refractivity contribution in [2.75, 3.05) is 0 Å². The van der Waals surface area contributed by atoms with Crippen molar-refractivity contribution in [2.45, 2.75) is 57.8 Å². The monoisotopic (exact) mass is 282 g/mol. The average Bonchev–Trinajstić information content (AvgIpc) is 3.12. The van der Waals surface area contributed by atoms with Gasteiger partial charge in [0.2, 0.25) is 0 Å². The third kappa shape index (κ3) is 2.13. The fourth-order valence-electron chi connectivity index (χ4n) is 3.67. The SMILES string of the molecule is CCCc1c[nH]c2ncc3nc(C4CCCCC4)cn3c12. The van der Waals surface area contributed by atoms with Gasteiger partial charge >= 0.3 is 0 Å². The Labute approximate surface area is 124 Å². The van der Waals surface area contributed by atoms with Gasteiger partial charge in [0.15, 0.2) is 11.3 Å². The third-order valence-electron chi connectivity index (χ3n) is 4.76. The second-order valence-corrected chi connectivity index (χ2v) is 6.25. The van der Waals surface area contributed by atoms with Gasteiger partial charge in [-0.2, -0.15) is 0 Å². The minimum atomic E-state index is 0.641. The molecule has 3 aromatic rings. The minimum absolute atomic E-state index is 0.641. The molecule has 1 aliphatic carbocycles. The Bertz CT molecular complexity index is 762. The van der Waals surface area contributed by atoms with E-state index in [0.29, 0.717) is 5.92 Å². The molecular weight excluding hydrogens is 260 g/mol. The Morgan fingerprint density at radius 1 is 1.29 bits per heavy atom. The molecule has 0 atom stereocenters. The second kappa shape index (κ2) is 5.17. The number of rotatable bonds is 3. The van der Waals surface area contributed by atoms with Crippen LogP contribution in [0.3, 0.4) is 0 Å². The summed E-state index contributed by atoms with van der Waals surface area (Å²) in [4.78, 5) is 12.7. The van der Waals surface area contributed by atoms with Gasteiger partial charge < -0.3 is 4.98 Å². The number of fused-ring (bicyclic) bond motifs is 3. The van der Waals surface area contributed by atoms with E-state index in [9.17, 15) is 0 Å². The first-order valence-corrected chi connectivity index (χ1v) is 8.20. The molecule has 21 heavy (non-hydrogen) atoms. The molecule has 1 aliphatic rings. The van der Waals surface area contributed by atoms with E-state index in [2.05, 4.69) is 33.7 Å². The first-order chi connectivity index (χ1) is 10.4. The third-order valence-corrected chi connectivity index (χ3v) is 4.76. The maximum atomic E-state index is 4.85. The van der Waals surface area contributed by atoms with E-state index in [1.54, 1.807) is 0 Å². The van der Waals surface area contributed by atoms with Crippen molar-refractivity contribution in [3.05, 3.63) is 29.8 Å². The molecule has 4 heteroatoms. The van der Waals surface area contributed by atoms with Crippen molar-refractivity contribution in [3.8, 4) is 0 Å². The number of imidazole rings is 1. The molecule has 1 saturated carbocycles. The molecular formula is C17H22N4. The summed E-state index contributed by atoms with van der Waals surface area (Å²) < 4.78 is 2.24. The number of aromatic nitrogens is 4. The lowest BCUT2D eigenvalue weighted by Crippen LogP contribution is -2.04. The van der Waals surface area contributed by atoms with Crippen LogP contribution in [-0.4, -0.2) is 19.4 Å². The molecule has 4 rings (SSSR count). The summed E-state index contributed by atoms with van der Waals surface area (Å²) in [7, 11) is 0. The molecule has 110 valence electrons. The Balaban J connectivity index is 1.85. The highest BCUT2D eigenvalue weighted by Crippen LogP contribution is 2.32. The lowest BCUT2D eigenvalue weighted by atomic mass is 9.87. The van der Waals surface area contributed by atoms with Gasteiger partial charge in [-0.25, -0.2) is 9.97 Å². The summed E-state index contributed by atoms with van der Waals surface area (Å²) >= 11 is 0. The van der Waals surface area contributed by atoms with E-state index in [4.69, 9.17) is 4.98 Å². The maximum absolute atomic E-state index is 4.85. The van der Waals surface area contributed by atoms with E-state index < -0.39 is 0 Å². The van der Waals surface area contributed by atoms with Crippen LogP contribution in [0.15, 0.2) is 18.6 Å². The molecule has 1 fully saturated rings.